The molecule has 1 aromatic carbocycles. The number of nitrogens with zero attached hydrogens (tertiary/aromatic N) is 4. The van der Waals surface area contributed by atoms with Crippen LogP contribution in [0.15, 0.2) is 48.9 Å². The van der Waals surface area contributed by atoms with E-state index in [1.807, 2.05) is 24.7 Å². The van der Waals surface area contributed by atoms with Crippen molar-refractivity contribution in [3.8, 4) is 5.69 Å². The van der Waals surface area contributed by atoms with Crippen LogP contribution in [0, 0.1) is 6.92 Å². The van der Waals surface area contributed by atoms with Crippen LogP contribution in [0.4, 0.5) is 0 Å². The Morgan fingerprint density at radius 1 is 1.17 bits per heavy atom. The maximum atomic E-state index is 4.56. The number of likely N-dealkylation sites (tertiary alicyclic amines) is 1. The highest BCUT2D eigenvalue weighted by molar-refractivity contribution is 5.35. The van der Waals surface area contributed by atoms with Crippen molar-refractivity contribution >= 4 is 0 Å². The van der Waals surface area contributed by atoms with Gasteiger partial charge < -0.3 is 4.98 Å². The Bertz CT molecular complexity index is 775. The normalized spacial score (nSPS) is 18.8. The average Bonchev–Trinajstić information content (AvgIpc) is 3.27. The van der Waals surface area contributed by atoms with Gasteiger partial charge in [-0.25, -0.2) is 9.97 Å². The van der Waals surface area contributed by atoms with Crippen LogP contribution < -0.4 is 0 Å². The molecule has 1 N–H and O–H groups in total. The number of aromatic nitrogens is 4. The highest BCUT2D eigenvalue weighted by Crippen LogP contribution is 2.30. The first-order chi connectivity index (χ1) is 11.8. The van der Waals surface area contributed by atoms with E-state index < -0.39 is 0 Å². The van der Waals surface area contributed by atoms with Gasteiger partial charge in [-0.1, -0.05) is 24.6 Å². The number of benzene rings is 1. The van der Waals surface area contributed by atoms with E-state index in [-0.39, 0.29) is 0 Å². The molecule has 0 amide bonds. The monoisotopic (exact) mass is 321 g/mol. The lowest BCUT2D eigenvalue weighted by Gasteiger charge is -2.34. The number of rotatable bonds is 4. The third kappa shape index (κ3) is 2.87. The molecule has 4 rings (SSSR count). The molecule has 3 heterocycles. The molecule has 1 unspecified atom stereocenters. The van der Waals surface area contributed by atoms with Crippen molar-refractivity contribution < 1.29 is 0 Å². The summed E-state index contributed by atoms with van der Waals surface area (Å²) in [4.78, 5) is 14.9. The van der Waals surface area contributed by atoms with E-state index in [2.05, 4.69) is 55.6 Å². The van der Waals surface area contributed by atoms with Crippen molar-refractivity contribution in [3.05, 3.63) is 66.3 Å². The number of imidazole rings is 2. The van der Waals surface area contributed by atoms with E-state index in [1.54, 1.807) is 0 Å². The summed E-state index contributed by atoms with van der Waals surface area (Å²) < 4.78 is 2.26. The van der Waals surface area contributed by atoms with Crippen molar-refractivity contribution in [1.82, 2.24) is 24.4 Å². The molecular weight excluding hydrogens is 298 g/mol. The quantitative estimate of drug-likeness (QED) is 0.798. The molecule has 124 valence electrons. The van der Waals surface area contributed by atoms with Gasteiger partial charge in [0.05, 0.1) is 17.9 Å². The second-order valence-corrected chi connectivity index (χ2v) is 6.42. The lowest BCUT2D eigenvalue weighted by Crippen LogP contribution is -2.34. The minimum absolute atomic E-state index is 0.369. The second kappa shape index (κ2) is 6.61. The summed E-state index contributed by atoms with van der Waals surface area (Å²) in [6.45, 7) is 4.06. The summed E-state index contributed by atoms with van der Waals surface area (Å²) in [5.41, 5.74) is 2.41. The Balaban J connectivity index is 1.63. The van der Waals surface area contributed by atoms with Gasteiger partial charge in [0.2, 0.25) is 0 Å². The van der Waals surface area contributed by atoms with Crippen molar-refractivity contribution in [2.45, 2.75) is 38.8 Å². The molecule has 5 nitrogen and oxygen atoms in total. The Morgan fingerprint density at radius 2 is 2.04 bits per heavy atom. The van der Waals surface area contributed by atoms with E-state index in [1.165, 1.54) is 24.2 Å². The van der Waals surface area contributed by atoms with Crippen LogP contribution in [0.25, 0.3) is 5.69 Å². The summed E-state index contributed by atoms with van der Waals surface area (Å²) in [5, 5.41) is 0. The predicted octanol–water partition coefficient (Wildman–Crippen LogP) is 3.63. The second-order valence-electron chi connectivity index (χ2n) is 6.42. The first-order valence-electron chi connectivity index (χ1n) is 8.65. The van der Waals surface area contributed by atoms with Crippen LogP contribution in [0.2, 0.25) is 0 Å². The largest absolute Gasteiger partial charge is 0.347 e. The van der Waals surface area contributed by atoms with Crippen LogP contribution in [-0.4, -0.2) is 31.0 Å². The molecule has 0 bridgehead atoms. The summed E-state index contributed by atoms with van der Waals surface area (Å²) in [6, 6.07) is 10.8. The lowest BCUT2D eigenvalue weighted by molar-refractivity contribution is 0.132. The molecule has 1 atom stereocenters. The van der Waals surface area contributed by atoms with Gasteiger partial charge in [-0.3, -0.25) is 9.47 Å². The van der Waals surface area contributed by atoms with Gasteiger partial charge in [0.25, 0.3) is 0 Å². The van der Waals surface area contributed by atoms with E-state index in [9.17, 15) is 0 Å². The molecular formula is C19H23N5. The highest BCUT2D eigenvalue weighted by Gasteiger charge is 2.26. The summed E-state index contributed by atoms with van der Waals surface area (Å²) in [6.07, 6.45) is 9.44. The standard InChI is InChI=1S/C19H23N5/c1-15-22-13-17(24(15)16-7-3-2-4-8-16)14-23-12-6-5-9-18(23)19-20-10-11-21-19/h2-4,7-8,10-11,13,18H,5-6,9,12,14H2,1H3,(H,20,21). The minimum atomic E-state index is 0.369. The average molecular weight is 321 g/mol. The molecule has 24 heavy (non-hydrogen) atoms. The predicted molar refractivity (Wildman–Crippen MR) is 93.9 cm³/mol. The SMILES string of the molecule is Cc1ncc(CN2CCCCC2c2ncc[nH]2)n1-c1ccccc1. The highest BCUT2D eigenvalue weighted by atomic mass is 15.2. The van der Waals surface area contributed by atoms with E-state index in [0.717, 1.165) is 31.2 Å². The van der Waals surface area contributed by atoms with Crippen molar-refractivity contribution in [1.29, 1.82) is 0 Å². The molecule has 0 radical (unpaired) electrons. The van der Waals surface area contributed by atoms with Crippen LogP contribution in [0.3, 0.4) is 0 Å². The first kappa shape index (κ1) is 15.1. The molecule has 1 saturated heterocycles. The van der Waals surface area contributed by atoms with Gasteiger partial charge in [-0.15, -0.1) is 0 Å². The maximum Gasteiger partial charge on any atom is 0.123 e. The van der Waals surface area contributed by atoms with Crippen LogP contribution >= 0.6 is 0 Å². The van der Waals surface area contributed by atoms with Gasteiger partial charge in [0, 0.05) is 24.6 Å². The number of hydrogen-bond acceptors (Lipinski definition) is 3. The van der Waals surface area contributed by atoms with Gasteiger partial charge in [0.15, 0.2) is 0 Å². The number of hydrogen-bond donors (Lipinski definition) is 1. The number of H-pyrrole nitrogens is 1. The van der Waals surface area contributed by atoms with Gasteiger partial charge in [0.1, 0.15) is 11.6 Å². The molecule has 0 spiro atoms. The smallest absolute Gasteiger partial charge is 0.123 e. The number of piperidine rings is 1. The first-order valence-corrected chi connectivity index (χ1v) is 8.65. The summed E-state index contributed by atoms with van der Waals surface area (Å²) in [7, 11) is 0. The lowest BCUT2D eigenvalue weighted by atomic mass is 10.0. The van der Waals surface area contributed by atoms with Crippen molar-refractivity contribution in [3.63, 3.8) is 0 Å². The van der Waals surface area contributed by atoms with Crippen LogP contribution in [0.5, 0.6) is 0 Å². The van der Waals surface area contributed by atoms with Gasteiger partial charge >= 0.3 is 0 Å². The Morgan fingerprint density at radius 3 is 2.83 bits per heavy atom. The molecule has 0 aliphatic carbocycles. The third-order valence-electron chi connectivity index (χ3n) is 4.84. The van der Waals surface area contributed by atoms with Crippen molar-refractivity contribution in [2.24, 2.45) is 0 Å². The fourth-order valence-corrected chi connectivity index (χ4v) is 3.69. The minimum Gasteiger partial charge on any atom is -0.347 e. The Hall–Kier alpha value is -2.40. The van der Waals surface area contributed by atoms with Crippen molar-refractivity contribution in [2.75, 3.05) is 6.54 Å². The zero-order chi connectivity index (χ0) is 16.4. The third-order valence-corrected chi connectivity index (χ3v) is 4.84. The fourth-order valence-electron chi connectivity index (χ4n) is 3.69. The van der Waals surface area contributed by atoms with Crippen LogP contribution in [0.1, 0.15) is 42.6 Å². The molecule has 0 saturated carbocycles. The van der Waals surface area contributed by atoms with E-state index in [0.29, 0.717) is 6.04 Å². The Kier molecular flexibility index (Phi) is 4.17. The zero-order valence-electron chi connectivity index (χ0n) is 14.0. The van der Waals surface area contributed by atoms with Gasteiger partial charge in [-0.2, -0.15) is 0 Å². The number of aromatic amines is 1. The number of para-hydroxylation sites is 1. The van der Waals surface area contributed by atoms with E-state index in [4.69, 9.17) is 0 Å². The topological polar surface area (TPSA) is 49.7 Å². The maximum absolute atomic E-state index is 4.56. The molecule has 5 heteroatoms. The molecule has 1 fully saturated rings. The van der Waals surface area contributed by atoms with Gasteiger partial charge in [-0.05, 0) is 38.4 Å². The fraction of sp³-hybridized carbons (Fsp3) is 0.368. The zero-order valence-corrected chi connectivity index (χ0v) is 14.0. The molecule has 3 aromatic rings. The number of aryl methyl sites for hydroxylation is 1. The molecule has 1 aliphatic rings. The summed E-state index contributed by atoms with van der Waals surface area (Å²) >= 11 is 0. The Labute approximate surface area is 142 Å². The number of nitrogens with one attached hydrogen (secondary N) is 1. The molecule has 1 aliphatic heterocycles. The summed E-state index contributed by atoms with van der Waals surface area (Å²) in [5.74, 6) is 2.11. The van der Waals surface area contributed by atoms with E-state index >= 15 is 0 Å². The molecule has 2 aromatic heterocycles. The van der Waals surface area contributed by atoms with Crippen LogP contribution in [-0.2, 0) is 6.54 Å².